The van der Waals surface area contributed by atoms with Gasteiger partial charge in [0.15, 0.2) is 17.5 Å². The average Bonchev–Trinajstić information content (AvgIpc) is 3.29. The first kappa shape index (κ1) is 33.0. The van der Waals surface area contributed by atoms with Crippen LogP contribution < -0.4 is 0 Å². The molecule has 56 heavy (non-hydrogen) atoms. The van der Waals surface area contributed by atoms with Crippen molar-refractivity contribution in [1.82, 2.24) is 19.9 Å². The van der Waals surface area contributed by atoms with Crippen molar-refractivity contribution >= 4 is 21.7 Å². The molecule has 4 heteroatoms. The molecule has 10 rings (SSSR count). The molecular formula is C52H34N4. The summed E-state index contributed by atoms with van der Waals surface area (Å²) in [5.41, 5.74) is 12.8. The van der Waals surface area contributed by atoms with Gasteiger partial charge in [0.05, 0.1) is 11.2 Å². The van der Waals surface area contributed by atoms with Gasteiger partial charge in [-0.05, 0) is 68.4 Å². The van der Waals surface area contributed by atoms with Crippen LogP contribution in [0.15, 0.2) is 206 Å². The predicted octanol–water partition coefficient (Wildman–Crippen LogP) is 13.2. The van der Waals surface area contributed by atoms with Crippen LogP contribution in [0, 0.1) is 0 Å². The normalized spacial score (nSPS) is 11.2. The summed E-state index contributed by atoms with van der Waals surface area (Å²) < 4.78 is 0. The Bertz CT molecular complexity index is 2930. The SMILES string of the molecule is c1ccc(-c2cc(-c3ccccc3)c3c(ccc4ccc(-c5cccc(-c6ccc(-c7nc(-c8ccccc8)nc(-c8ccccc8)n7)cc6)c5)cc43)n2)cc1. The molecule has 0 spiro atoms. The molecule has 0 unspecified atom stereocenters. The van der Waals surface area contributed by atoms with Gasteiger partial charge in [0.25, 0.3) is 0 Å². The van der Waals surface area contributed by atoms with Crippen LogP contribution in [-0.4, -0.2) is 19.9 Å². The molecule has 0 amide bonds. The second kappa shape index (κ2) is 14.3. The van der Waals surface area contributed by atoms with Crippen molar-refractivity contribution in [2.75, 3.05) is 0 Å². The molecule has 4 nitrogen and oxygen atoms in total. The van der Waals surface area contributed by atoms with Crippen molar-refractivity contribution in [2.24, 2.45) is 0 Å². The Morgan fingerprint density at radius 2 is 0.696 bits per heavy atom. The minimum absolute atomic E-state index is 0.640. The molecular weight excluding hydrogens is 681 g/mol. The Morgan fingerprint density at radius 3 is 1.29 bits per heavy atom. The molecule has 0 aliphatic carbocycles. The number of nitrogens with zero attached hydrogens (tertiary/aromatic N) is 4. The van der Waals surface area contributed by atoms with Gasteiger partial charge >= 0.3 is 0 Å². The molecule has 2 heterocycles. The summed E-state index contributed by atoms with van der Waals surface area (Å²) in [7, 11) is 0. The van der Waals surface area contributed by atoms with E-state index < -0.39 is 0 Å². The fourth-order valence-electron chi connectivity index (χ4n) is 7.46. The third kappa shape index (κ3) is 6.40. The molecule has 0 saturated heterocycles. The van der Waals surface area contributed by atoms with E-state index in [0.717, 1.165) is 61.1 Å². The zero-order chi connectivity index (χ0) is 37.3. The van der Waals surface area contributed by atoms with Gasteiger partial charge in [-0.3, -0.25) is 0 Å². The van der Waals surface area contributed by atoms with E-state index in [1.54, 1.807) is 0 Å². The summed E-state index contributed by atoms with van der Waals surface area (Å²) in [6, 6.07) is 71.9. The highest BCUT2D eigenvalue weighted by molar-refractivity contribution is 6.14. The number of benzene rings is 8. The lowest BCUT2D eigenvalue weighted by molar-refractivity contribution is 1.07. The first-order valence-corrected chi connectivity index (χ1v) is 18.8. The standard InChI is InChI=1S/C52H34N4/c1-5-14-36(15-6-1)46-34-48(38-16-7-2-8-17-38)53-47-31-30-37-26-29-44(33-45(37)49(46)47)43-23-13-22-42(32-43)35-24-27-41(28-25-35)52-55-50(39-18-9-3-10-19-39)54-51(56-52)40-20-11-4-12-21-40/h1-34H. The van der Waals surface area contributed by atoms with E-state index in [4.69, 9.17) is 19.9 Å². The van der Waals surface area contributed by atoms with Crippen LogP contribution in [0.3, 0.4) is 0 Å². The Kier molecular flexibility index (Phi) is 8.47. The van der Waals surface area contributed by atoms with Crippen LogP contribution in [0.25, 0.3) is 100 Å². The number of rotatable bonds is 7. The third-order valence-corrected chi connectivity index (χ3v) is 10.3. The molecule has 2 aromatic heterocycles. The first-order chi connectivity index (χ1) is 27.7. The van der Waals surface area contributed by atoms with E-state index in [0.29, 0.717) is 17.5 Å². The van der Waals surface area contributed by atoms with E-state index in [1.165, 1.54) is 21.9 Å². The van der Waals surface area contributed by atoms with E-state index in [-0.39, 0.29) is 0 Å². The average molecular weight is 715 g/mol. The number of hydrogen-bond acceptors (Lipinski definition) is 4. The van der Waals surface area contributed by atoms with Gasteiger partial charge in [-0.2, -0.15) is 0 Å². The Hall–Kier alpha value is -7.56. The van der Waals surface area contributed by atoms with Gasteiger partial charge in [0, 0.05) is 27.6 Å². The minimum atomic E-state index is 0.640. The molecule has 0 aliphatic rings. The molecule has 0 radical (unpaired) electrons. The lowest BCUT2D eigenvalue weighted by Gasteiger charge is -2.14. The van der Waals surface area contributed by atoms with Gasteiger partial charge in [-0.25, -0.2) is 19.9 Å². The quantitative estimate of drug-likeness (QED) is 0.154. The molecule has 0 saturated carbocycles. The number of hydrogen-bond donors (Lipinski definition) is 0. The molecule has 262 valence electrons. The van der Waals surface area contributed by atoms with Gasteiger partial charge in [0.1, 0.15) is 0 Å². The van der Waals surface area contributed by atoms with Crippen molar-refractivity contribution in [3.05, 3.63) is 206 Å². The van der Waals surface area contributed by atoms with E-state index in [1.807, 2.05) is 66.7 Å². The summed E-state index contributed by atoms with van der Waals surface area (Å²) >= 11 is 0. The molecule has 0 N–H and O–H groups in total. The Morgan fingerprint density at radius 1 is 0.268 bits per heavy atom. The lowest BCUT2D eigenvalue weighted by atomic mass is 9.92. The van der Waals surface area contributed by atoms with Gasteiger partial charge in [0.2, 0.25) is 0 Å². The maximum absolute atomic E-state index is 5.19. The second-order valence-corrected chi connectivity index (χ2v) is 13.9. The van der Waals surface area contributed by atoms with E-state index >= 15 is 0 Å². The molecule has 0 aliphatic heterocycles. The molecule has 0 bridgehead atoms. The lowest BCUT2D eigenvalue weighted by Crippen LogP contribution is -2.00. The number of fused-ring (bicyclic) bond motifs is 3. The smallest absolute Gasteiger partial charge is 0.164 e. The van der Waals surface area contributed by atoms with Crippen LogP contribution in [0.5, 0.6) is 0 Å². The van der Waals surface area contributed by atoms with Crippen molar-refractivity contribution in [3.63, 3.8) is 0 Å². The Labute approximate surface area is 325 Å². The summed E-state index contributed by atoms with van der Waals surface area (Å²) in [4.78, 5) is 19.9. The summed E-state index contributed by atoms with van der Waals surface area (Å²) in [6.45, 7) is 0. The minimum Gasteiger partial charge on any atom is -0.248 e. The molecule has 10 aromatic rings. The fourth-order valence-corrected chi connectivity index (χ4v) is 7.46. The van der Waals surface area contributed by atoms with Crippen molar-refractivity contribution in [2.45, 2.75) is 0 Å². The fraction of sp³-hybridized carbons (Fsp3) is 0. The summed E-state index contributed by atoms with van der Waals surface area (Å²) in [6.07, 6.45) is 0. The van der Waals surface area contributed by atoms with Crippen LogP contribution >= 0.6 is 0 Å². The predicted molar refractivity (Wildman–Crippen MR) is 231 cm³/mol. The molecule has 8 aromatic carbocycles. The number of pyridine rings is 1. The summed E-state index contributed by atoms with van der Waals surface area (Å²) in [5, 5.41) is 3.53. The van der Waals surface area contributed by atoms with Gasteiger partial charge in [-0.15, -0.1) is 0 Å². The second-order valence-electron chi connectivity index (χ2n) is 13.9. The monoisotopic (exact) mass is 714 g/mol. The van der Waals surface area contributed by atoms with Crippen LogP contribution in [0.2, 0.25) is 0 Å². The number of aromatic nitrogens is 4. The van der Waals surface area contributed by atoms with Gasteiger partial charge in [-0.1, -0.05) is 182 Å². The third-order valence-electron chi connectivity index (χ3n) is 10.3. The highest BCUT2D eigenvalue weighted by Gasteiger charge is 2.15. The largest absolute Gasteiger partial charge is 0.248 e. The van der Waals surface area contributed by atoms with Crippen LogP contribution in [0.4, 0.5) is 0 Å². The van der Waals surface area contributed by atoms with Crippen molar-refractivity contribution in [1.29, 1.82) is 0 Å². The first-order valence-electron chi connectivity index (χ1n) is 18.8. The van der Waals surface area contributed by atoms with Crippen molar-refractivity contribution < 1.29 is 0 Å². The Balaban J connectivity index is 1.03. The van der Waals surface area contributed by atoms with E-state index in [9.17, 15) is 0 Å². The van der Waals surface area contributed by atoms with Crippen LogP contribution in [0.1, 0.15) is 0 Å². The topological polar surface area (TPSA) is 51.6 Å². The van der Waals surface area contributed by atoms with Gasteiger partial charge < -0.3 is 0 Å². The maximum Gasteiger partial charge on any atom is 0.164 e. The highest BCUT2D eigenvalue weighted by Crippen LogP contribution is 2.39. The zero-order valence-electron chi connectivity index (χ0n) is 30.4. The summed E-state index contributed by atoms with van der Waals surface area (Å²) in [5.74, 6) is 1.94. The molecule has 0 atom stereocenters. The zero-order valence-corrected chi connectivity index (χ0v) is 30.4. The van der Waals surface area contributed by atoms with Crippen molar-refractivity contribution in [3.8, 4) is 78.8 Å². The molecule has 0 fully saturated rings. The highest BCUT2D eigenvalue weighted by atomic mass is 15.0. The van der Waals surface area contributed by atoms with E-state index in [2.05, 4.69) is 140 Å². The van der Waals surface area contributed by atoms with Crippen LogP contribution in [-0.2, 0) is 0 Å². The maximum atomic E-state index is 5.19.